The molecule has 0 amide bonds. The van der Waals surface area contributed by atoms with E-state index in [1.165, 1.54) is 0 Å². The fourth-order valence-electron chi connectivity index (χ4n) is 2.59. The van der Waals surface area contributed by atoms with Gasteiger partial charge in [0.15, 0.2) is 5.65 Å². The van der Waals surface area contributed by atoms with Gasteiger partial charge in [-0.15, -0.1) is 0 Å². The molecule has 11 heteroatoms. The number of aldehydes is 1. The van der Waals surface area contributed by atoms with Crippen molar-refractivity contribution in [2.75, 3.05) is 22.9 Å². The van der Waals surface area contributed by atoms with Crippen LogP contribution in [0.4, 0.5) is 17.1 Å². The number of carbonyl (C=O) groups is 1. The molecule has 0 spiro atoms. The van der Waals surface area contributed by atoms with E-state index in [4.69, 9.17) is 11.6 Å². The van der Waals surface area contributed by atoms with Gasteiger partial charge in [0, 0.05) is 24.9 Å². The van der Waals surface area contributed by atoms with Crippen LogP contribution >= 0.6 is 40.0 Å². The predicted octanol–water partition coefficient (Wildman–Crippen LogP) is 4.47. The molecule has 2 aromatic heterocycles. The van der Waals surface area contributed by atoms with Gasteiger partial charge in [0.25, 0.3) is 0 Å². The Kier molecular flexibility index (Phi) is 6.35. The molecule has 3 rings (SSSR count). The van der Waals surface area contributed by atoms with Gasteiger partial charge in [-0.2, -0.15) is 0 Å². The summed E-state index contributed by atoms with van der Waals surface area (Å²) in [5.74, 6) is 0.846. The molecule has 0 saturated carbocycles. The van der Waals surface area contributed by atoms with E-state index in [1.54, 1.807) is 41.9 Å². The number of pyridine rings is 1. The minimum atomic E-state index is -1.25. The van der Waals surface area contributed by atoms with E-state index in [1.807, 2.05) is 11.3 Å². The van der Waals surface area contributed by atoms with Gasteiger partial charge in [-0.05, 0) is 47.2 Å². The van der Waals surface area contributed by atoms with Crippen molar-refractivity contribution in [3.05, 3.63) is 40.8 Å². The number of aromatic nitrogens is 3. The smallest absolute Gasteiger partial charge is 0.167 e. The molecule has 7 nitrogen and oxygen atoms in total. The van der Waals surface area contributed by atoms with Gasteiger partial charge in [-0.25, -0.2) is 14.2 Å². The third kappa shape index (κ3) is 4.11. The Morgan fingerprint density at radius 3 is 2.70 bits per heavy atom. The summed E-state index contributed by atoms with van der Waals surface area (Å²) in [6, 6.07) is 6.86. The second-order valence-corrected chi connectivity index (χ2v) is 9.53. The van der Waals surface area contributed by atoms with Crippen LogP contribution in [0.3, 0.4) is 0 Å². The quantitative estimate of drug-likeness (QED) is 0.218. The molecule has 0 saturated heterocycles. The number of carbonyl (C=O) groups excluding carboxylic acids is 1. The monoisotopic (exact) mass is 535 g/mol. The fourth-order valence-corrected chi connectivity index (χ4v) is 5.35. The highest BCUT2D eigenvalue weighted by atomic mass is 127. The van der Waals surface area contributed by atoms with Gasteiger partial charge < -0.3 is 5.32 Å². The Balaban J connectivity index is 2.15. The van der Waals surface area contributed by atoms with Crippen LogP contribution in [-0.4, -0.2) is 38.1 Å². The Morgan fingerprint density at radius 1 is 1.33 bits per heavy atom. The lowest BCUT2D eigenvalue weighted by Crippen LogP contribution is -2.20. The number of aryl methyl sites for hydroxylation is 1. The Labute approximate surface area is 178 Å². The third-order valence-electron chi connectivity index (χ3n) is 3.99. The molecule has 0 aliphatic heterocycles. The molecular weight excluding hydrogens is 520 g/mol. The molecule has 2 unspecified atom stereocenters. The summed E-state index contributed by atoms with van der Waals surface area (Å²) in [7, 11) is 0.452. The number of anilines is 3. The summed E-state index contributed by atoms with van der Waals surface area (Å²) in [4.78, 5) is 20.2. The van der Waals surface area contributed by atoms with Crippen molar-refractivity contribution in [3.63, 3.8) is 0 Å². The van der Waals surface area contributed by atoms with Gasteiger partial charge >= 0.3 is 0 Å². The number of hydrogen-bond acceptors (Lipinski definition) is 5. The predicted molar refractivity (Wildman–Crippen MR) is 123 cm³/mol. The third-order valence-corrected chi connectivity index (χ3v) is 7.30. The van der Waals surface area contributed by atoms with Crippen molar-refractivity contribution in [3.8, 4) is 0 Å². The van der Waals surface area contributed by atoms with Crippen LogP contribution in [0.5, 0.6) is 0 Å². The lowest BCUT2D eigenvalue weighted by Gasteiger charge is -2.21. The molecule has 0 fully saturated rings. The first-order chi connectivity index (χ1) is 12.8. The van der Waals surface area contributed by atoms with Crippen molar-refractivity contribution in [1.29, 1.82) is 0 Å². The highest BCUT2D eigenvalue weighted by molar-refractivity contribution is 14.2. The average molecular weight is 536 g/mol. The summed E-state index contributed by atoms with van der Waals surface area (Å²) < 4.78 is 15.6. The molecule has 0 aliphatic carbocycles. The molecule has 1 aromatic carbocycles. The number of fused-ring (bicyclic) bond motifs is 1. The number of nitrogens with one attached hydrogen (secondary N) is 1. The molecule has 2 heterocycles. The molecule has 2 atom stereocenters. The first-order valence-electron chi connectivity index (χ1n) is 7.71. The number of nitrogens with zero attached hydrogens (tertiary/aromatic N) is 4. The van der Waals surface area contributed by atoms with Gasteiger partial charge in [0.1, 0.15) is 33.8 Å². The van der Waals surface area contributed by atoms with Crippen molar-refractivity contribution in [2.24, 2.45) is 0 Å². The number of imidazole rings is 1. The minimum Gasteiger partial charge on any atom is -0.352 e. The highest BCUT2D eigenvalue weighted by Gasteiger charge is 2.17. The second-order valence-electron chi connectivity index (χ2n) is 5.68. The molecule has 0 aliphatic rings. The summed E-state index contributed by atoms with van der Waals surface area (Å²) in [5.41, 5.74) is 3.91. The van der Waals surface area contributed by atoms with Gasteiger partial charge in [0.05, 0.1) is 23.4 Å². The largest absolute Gasteiger partial charge is 0.352 e. The maximum absolute atomic E-state index is 12.0. The SMILES string of the molecule is Cc1nc2c(Nc3ccc(C=O)cc3N(C)S(C)=O)cc(Cl)nc2n1PI. The van der Waals surface area contributed by atoms with E-state index in [-0.39, 0.29) is 0 Å². The van der Waals surface area contributed by atoms with Crippen LogP contribution in [-0.2, 0) is 11.0 Å². The zero-order valence-electron chi connectivity index (χ0n) is 14.7. The zero-order chi connectivity index (χ0) is 19.7. The zero-order valence-corrected chi connectivity index (χ0v) is 19.4. The van der Waals surface area contributed by atoms with Crippen molar-refractivity contribution in [1.82, 2.24) is 14.3 Å². The molecule has 0 bridgehead atoms. The standard InChI is InChI=1S/C16H16ClIN5O2PS/c1-9-19-15-12(7-14(17)21-16(15)23(9)26-18)20-11-5-4-10(8-24)6-13(11)22(2)27(3)25/h4-8,26H,1-3H3,(H,20,21). The van der Waals surface area contributed by atoms with Gasteiger partial charge in [-0.3, -0.25) is 13.4 Å². The lowest BCUT2D eigenvalue weighted by molar-refractivity contribution is 0.112. The highest BCUT2D eigenvalue weighted by Crippen LogP contribution is 2.37. The summed E-state index contributed by atoms with van der Waals surface area (Å²) in [5, 5.41) is 3.66. The van der Waals surface area contributed by atoms with Crippen molar-refractivity contribution in [2.45, 2.75) is 6.92 Å². The number of benzene rings is 1. The molecular formula is C16H16ClIN5O2PS. The van der Waals surface area contributed by atoms with Gasteiger partial charge in [-0.1, -0.05) is 11.6 Å². The van der Waals surface area contributed by atoms with Crippen LogP contribution in [0.25, 0.3) is 11.2 Å². The van der Waals surface area contributed by atoms with Crippen LogP contribution in [0, 0.1) is 6.92 Å². The first kappa shape index (κ1) is 20.4. The summed E-state index contributed by atoms with van der Waals surface area (Å²) >= 11 is 8.51. The van der Waals surface area contributed by atoms with E-state index in [9.17, 15) is 9.00 Å². The maximum atomic E-state index is 12.0. The molecule has 142 valence electrons. The van der Waals surface area contributed by atoms with E-state index >= 15 is 0 Å². The fraction of sp³-hybridized carbons (Fsp3) is 0.188. The second kappa shape index (κ2) is 8.38. The lowest BCUT2D eigenvalue weighted by atomic mass is 10.1. The number of hydrogen-bond donors (Lipinski definition) is 1. The van der Waals surface area contributed by atoms with E-state index in [0.29, 0.717) is 45.3 Å². The minimum absolute atomic E-state index is 0.347. The Morgan fingerprint density at radius 2 is 2.07 bits per heavy atom. The van der Waals surface area contributed by atoms with Crippen molar-refractivity contribution < 1.29 is 9.00 Å². The average Bonchev–Trinajstić information content (AvgIpc) is 2.96. The normalized spacial score (nSPS) is 12.6. The topological polar surface area (TPSA) is 80.1 Å². The number of rotatable bonds is 6. The van der Waals surface area contributed by atoms with E-state index in [0.717, 1.165) is 12.1 Å². The van der Waals surface area contributed by atoms with Crippen LogP contribution in [0.1, 0.15) is 16.2 Å². The number of halogens is 2. The van der Waals surface area contributed by atoms with E-state index < -0.39 is 11.0 Å². The Bertz CT molecular complexity index is 1060. The van der Waals surface area contributed by atoms with Crippen LogP contribution in [0.2, 0.25) is 5.15 Å². The van der Waals surface area contributed by atoms with Crippen LogP contribution < -0.4 is 9.62 Å². The molecule has 0 radical (unpaired) electrons. The first-order valence-corrected chi connectivity index (χ1v) is 13.7. The Hall–Kier alpha value is -1.29. The summed E-state index contributed by atoms with van der Waals surface area (Å²) in [6.45, 7) is 1.92. The van der Waals surface area contributed by atoms with E-state index in [2.05, 4.69) is 37.3 Å². The van der Waals surface area contributed by atoms with Crippen molar-refractivity contribution >= 4 is 85.5 Å². The molecule has 27 heavy (non-hydrogen) atoms. The molecule has 3 aromatic rings. The van der Waals surface area contributed by atoms with Gasteiger partial charge in [0.2, 0.25) is 0 Å². The van der Waals surface area contributed by atoms with Crippen LogP contribution in [0.15, 0.2) is 24.3 Å². The maximum Gasteiger partial charge on any atom is 0.167 e. The molecule has 1 N–H and O–H groups in total. The summed E-state index contributed by atoms with van der Waals surface area (Å²) in [6.07, 6.45) is 2.78.